The number of hydrogen-bond donors (Lipinski definition) is 2. The minimum absolute atomic E-state index is 0.210. The molecule has 104 valence electrons. The smallest absolute Gasteiger partial charge is 0.276 e. The number of aromatic nitrogens is 2. The van der Waals surface area contributed by atoms with Crippen molar-refractivity contribution in [3.8, 4) is 0 Å². The highest BCUT2D eigenvalue weighted by molar-refractivity contribution is 9.10. The van der Waals surface area contributed by atoms with Gasteiger partial charge in [0, 0.05) is 27.8 Å². The van der Waals surface area contributed by atoms with Gasteiger partial charge in [0.1, 0.15) is 0 Å². The molecular formula is C14H14BrN3O2. The third kappa shape index (κ3) is 2.48. The van der Waals surface area contributed by atoms with Crippen LogP contribution in [-0.4, -0.2) is 22.7 Å². The van der Waals surface area contributed by atoms with Crippen LogP contribution in [0.4, 0.5) is 5.69 Å². The lowest BCUT2D eigenvalue weighted by atomic mass is 10.1. The average Bonchev–Trinajstić information content (AvgIpc) is 2.86. The number of rotatable bonds is 2. The monoisotopic (exact) mass is 335 g/mol. The van der Waals surface area contributed by atoms with Gasteiger partial charge < -0.3 is 10.1 Å². The summed E-state index contributed by atoms with van der Waals surface area (Å²) in [5, 5.41) is 9.93. The molecule has 1 aliphatic heterocycles. The lowest BCUT2D eigenvalue weighted by Gasteiger charge is -2.13. The summed E-state index contributed by atoms with van der Waals surface area (Å²) >= 11 is 3.40. The van der Waals surface area contributed by atoms with Gasteiger partial charge in [0.2, 0.25) is 0 Å². The highest BCUT2D eigenvalue weighted by Crippen LogP contribution is 2.22. The van der Waals surface area contributed by atoms with Gasteiger partial charge in [-0.15, -0.1) is 0 Å². The van der Waals surface area contributed by atoms with Crippen molar-refractivity contribution in [1.29, 1.82) is 0 Å². The van der Waals surface area contributed by atoms with E-state index in [9.17, 15) is 4.79 Å². The highest BCUT2D eigenvalue weighted by Gasteiger charge is 2.22. The zero-order valence-electron chi connectivity index (χ0n) is 11.0. The molecule has 0 aliphatic carbocycles. The van der Waals surface area contributed by atoms with Crippen LogP contribution in [0.1, 0.15) is 27.3 Å². The second-order valence-corrected chi connectivity index (χ2v) is 5.66. The van der Waals surface area contributed by atoms with Gasteiger partial charge in [0.15, 0.2) is 5.69 Å². The number of amides is 1. The van der Waals surface area contributed by atoms with Crippen LogP contribution in [0.5, 0.6) is 0 Å². The Morgan fingerprint density at radius 1 is 1.50 bits per heavy atom. The van der Waals surface area contributed by atoms with E-state index in [4.69, 9.17) is 4.74 Å². The number of carbonyl (C=O) groups is 1. The van der Waals surface area contributed by atoms with E-state index in [0.29, 0.717) is 18.9 Å². The first kappa shape index (κ1) is 13.3. The lowest BCUT2D eigenvalue weighted by Crippen LogP contribution is -2.17. The van der Waals surface area contributed by atoms with Crippen LogP contribution in [0.2, 0.25) is 0 Å². The van der Waals surface area contributed by atoms with Gasteiger partial charge in [-0.1, -0.05) is 15.9 Å². The molecule has 1 amide bonds. The highest BCUT2D eigenvalue weighted by atomic mass is 79.9. The maximum absolute atomic E-state index is 12.3. The summed E-state index contributed by atoms with van der Waals surface area (Å²) in [6.45, 7) is 3.06. The van der Waals surface area contributed by atoms with Crippen molar-refractivity contribution in [2.75, 3.05) is 11.9 Å². The van der Waals surface area contributed by atoms with E-state index < -0.39 is 0 Å². The number of anilines is 1. The van der Waals surface area contributed by atoms with E-state index >= 15 is 0 Å². The number of fused-ring (bicyclic) bond motifs is 1. The molecule has 1 aliphatic rings. The molecule has 0 bridgehead atoms. The second-order valence-electron chi connectivity index (χ2n) is 4.75. The first-order chi connectivity index (χ1) is 9.65. The van der Waals surface area contributed by atoms with E-state index in [1.54, 1.807) is 0 Å². The molecule has 1 aromatic carbocycles. The molecular weight excluding hydrogens is 322 g/mol. The fourth-order valence-electron chi connectivity index (χ4n) is 2.25. The number of halogens is 1. The fourth-order valence-corrected chi connectivity index (χ4v) is 2.72. The van der Waals surface area contributed by atoms with Crippen molar-refractivity contribution in [3.05, 3.63) is 45.2 Å². The van der Waals surface area contributed by atoms with Gasteiger partial charge >= 0.3 is 0 Å². The minimum atomic E-state index is -0.210. The zero-order valence-corrected chi connectivity index (χ0v) is 12.6. The van der Waals surface area contributed by atoms with Crippen molar-refractivity contribution in [2.24, 2.45) is 0 Å². The number of nitrogens with zero attached hydrogens (tertiary/aromatic N) is 1. The SMILES string of the molecule is Cc1cc(Br)ccc1NC(=O)c1n[nH]c2c1COCC2. The summed E-state index contributed by atoms with van der Waals surface area (Å²) in [6.07, 6.45) is 0.771. The first-order valence-corrected chi connectivity index (χ1v) is 7.16. The number of carbonyl (C=O) groups excluding carboxylic acids is 1. The van der Waals surface area contributed by atoms with Crippen LogP contribution in [0.3, 0.4) is 0 Å². The third-order valence-electron chi connectivity index (χ3n) is 3.35. The Morgan fingerprint density at radius 3 is 3.15 bits per heavy atom. The molecule has 0 atom stereocenters. The summed E-state index contributed by atoms with van der Waals surface area (Å²) < 4.78 is 6.37. The van der Waals surface area contributed by atoms with E-state index in [0.717, 1.165) is 33.4 Å². The Hall–Kier alpha value is -1.66. The molecule has 5 nitrogen and oxygen atoms in total. The quantitative estimate of drug-likeness (QED) is 0.886. The molecule has 3 rings (SSSR count). The van der Waals surface area contributed by atoms with Crippen molar-refractivity contribution < 1.29 is 9.53 Å². The lowest BCUT2D eigenvalue weighted by molar-refractivity contribution is 0.0985. The number of nitrogens with one attached hydrogen (secondary N) is 2. The predicted molar refractivity (Wildman–Crippen MR) is 78.8 cm³/mol. The van der Waals surface area contributed by atoms with Gasteiger partial charge in [-0.3, -0.25) is 9.89 Å². The molecule has 0 radical (unpaired) electrons. The van der Waals surface area contributed by atoms with E-state index in [1.807, 2.05) is 25.1 Å². The molecule has 2 heterocycles. The number of aromatic amines is 1. The summed E-state index contributed by atoms with van der Waals surface area (Å²) in [4.78, 5) is 12.3. The molecule has 0 unspecified atom stereocenters. The minimum Gasteiger partial charge on any atom is -0.376 e. The average molecular weight is 336 g/mol. The van der Waals surface area contributed by atoms with Crippen LogP contribution >= 0.6 is 15.9 Å². The normalized spacial score (nSPS) is 13.9. The van der Waals surface area contributed by atoms with Crippen LogP contribution in [0.25, 0.3) is 0 Å². The maximum Gasteiger partial charge on any atom is 0.276 e. The maximum atomic E-state index is 12.3. The van der Waals surface area contributed by atoms with E-state index in [2.05, 4.69) is 31.4 Å². The molecule has 6 heteroatoms. The number of H-pyrrole nitrogens is 1. The number of ether oxygens (including phenoxy) is 1. The van der Waals surface area contributed by atoms with Crippen LogP contribution in [0.15, 0.2) is 22.7 Å². The number of benzene rings is 1. The summed E-state index contributed by atoms with van der Waals surface area (Å²) in [7, 11) is 0. The molecule has 0 saturated carbocycles. The summed E-state index contributed by atoms with van der Waals surface area (Å²) in [6, 6.07) is 5.72. The summed E-state index contributed by atoms with van der Waals surface area (Å²) in [5.74, 6) is -0.210. The van der Waals surface area contributed by atoms with Crippen molar-refractivity contribution in [1.82, 2.24) is 10.2 Å². The van der Waals surface area contributed by atoms with Crippen molar-refractivity contribution in [3.63, 3.8) is 0 Å². The van der Waals surface area contributed by atoms with E-state index in [-0.39, 0.29) is 5.91 Å². The standard InChI is InChI=1S/C14H14BrN3O2/c1-8-6-9(15)2-3-11(8)16-14(19)13-10-7-20-5-4-12(10)17-18-13/h2-3,6H,4-5,7H2,1H3,(H,16,19)(H,17,18). The molecule has 0 fully saturated rings. The molecule has 2 aromatic rings. The van der Waals surface area contributed by atoms with Crippen LogP contribution in [-0.2, 0) is 17.8 Å². The van der Waals surface area contributed by atoms with Gasteiger partial charge in [-0.05, 0) is 30.7 Å². The Kier molecular flexibility index (Phi) is 3.58. The topological polar surface area (TPSA) is 67.0 Å². The molecule has 2 N–H and O–H groups in total. The largest absolute Gasteiger partial charge is 0.376 e. The fraction of sp³-hybridized carbons (Fsp3) is 0.286. The Balaban J connectivity index is 1.84. The van der Waals surface area contributed by atoms with Gasteiger partial charge in [0.05, 0.1) is 13.2 Å². The third-order valence-corrected chi connectivity index (χ3v) is 3.84. The second kappa shape index (κ2) is 5.38. The summed E-state index contributed by atoms with van der Waals surface area (Å²) in [5.41, 5.74) is 4.06. The van der Waals surface area contributed by atoms with Gasteiger partial charge in [-0.25, -0.2) is 0 Å². The number of hydrogen-bond acceptors (Lipinski definition) is 3. The van der Waals surface area contributed by atoms with Crippen molar-refractivity contribution >= 4 is 27.5 Å². The zero-order chi connectivity index (χ0) is 14.1. The molecule has 0 saturated heterocycles. The van der Waals surface area contributed by atoms with Crippen LogP contribution in [0, 0.1) is 6.92 Å². The Labute approximate surface area is 124 Å². The molecule has 1 aromatic heterocycles. The Morgan fingerprint density at radius 2 is 2.35 bits per heavy atom. The predicted octanol–water partition coefficient (Wildman–Crippen LogP) is 2.81. The van der Waals surface area contributed by atoms with E-state index in [1.165, 1.54) is 0 Å². The first-order valence-electron chi connectivity index (χ1n) is 6.36. The molecule has 0 spiro atoms. The van der Waals surface area contributed by atoms with Gasteiger partial charge in [0.25, 0.3) is 5.91 Å². The Bertz CT molecular complexity index is 666. The van der Waals surface area contributed by atoms with Gasteiger partial charge in [-0.2, -0.15) is 5.10 Å². The van der Waals surface area contributed by atoms with Crippen molar-refractivity contribution in [2.45, 2.75) is 20.0 Å². The number of aryl methyl sites for hydroxylation is 1. The molecule has 20 heavy (non-hydrogen) atoms. The van der Waals surface area contributed by atoms with Crippen LogP contribution < -0.4 is 5.32 Å².